The average Bonchev–Trinajstić information content (AvgIpc) is 2.67. The maximum atomic E-state index is 12.7. The Hall–Kier alpha value is -2.58. The number of hydrogen-bond donors (Lipinski definition) is 2. The van der Waals surface area contributed by atoms with Gasteiger partial charge < -0.3 is 15.2 Å². The Labute approximate surface area is 172 Å². The van der Waals surface area contributed by atoms with Crippen molar-refractivity contribution in [3.8, 4) is 11.5 Å². The second-order valence-corrected chi connectivity index (χ2v) is 8.65. The number of phenolic OH excluding ortho intramolecular Hbond substituents is 1. The van der Waals surface area contributed by atoms with Crippen molar-refractivity contribution in [3.63, 3.8) is 0 Å². The number of carbonyl (C=O) groups is 1. The van der Waals surface area contributed by atoms with Crippen molar-refractivity contribution in [1.82, 2.24) is 4.31 Å². The molecule has 158 valence electrons. The van der Waals surface area contributed by atoms with Gasteiger partial charge in [0.25, 0.3) is 5.91 Å². The molecule has 0 aliphatic rings. The number of hydrogen-bond acceptors (Lipinski definition) is 5. The molecule has 0 radical (unpaired) electrons. The standard InChI is InChI=1S/C21H28N2O5S/c1-6-23(7-2)29(26,27)17-11-12-19(24)18(13-17)22-21(25)16(5)28-20-10-8-9-14(3)15(20)4/h8-13,16,24H,6-7H2,1-5H3,(H,22,25). The van der Waals surface area contributed by atoms with E-state index < -0.39 is 22.0 Å². The predicted molar refractivity (Wildman–Crippen MR) is 113 cm³/mol. The molecular formula is C21H28N2O5S. The molecule has 0 saturated heterocycles. The number of phenols is 1. The molecule has 1 atom stereocenters. The molecule has 8 heteroatoms. The van der Waals surface area contributed by atoms with Gasteiger partial charge >= 0.3 is 0 Å². The summed E-state index contributed by atoms with van der Waals surface area (Å²) in [5, 5.41) is 12.6. The molecule has 0 aromatic heterocycles. The number of nitrogens with zero attached hydrogens (tertiary/aromatic N) is 1. The van der Waals surface area contributed by atoms with Crippen molar-refractivity contribution < 1.29 is 23.1 Å². The van der Waals surface area contributed by atoms with Gasteiger partial charge in [-0.25, -0.2) is 8.42 Å². The van der Waals surface area contributed by atoms with E-state index in [0.717, 1.165) is 11.1 Å². The number of nitrogens with one attached hydrogen (secondary N) is 1. The summed E-state index contributed by atoms with van der Waals surface area (Å²) < 4.78 is 32.4. The minimum atomic E-state index is -3.72. The van der Waals surface area contributed by atoms with Crippen LogP contribution < -0.4 is 10.1 Å². The number of amides is 1. The van der Waals surface area contributed by atoms with Gasteiger partial charge in [0, 0.05) is 13.1 Å². The van der Waals surface area contributed by atoms with Gasteiger partial charge in [-0.1, -0.05) is 26.0 Å². The number of carbonyl (C=O) groups excluding carboxylic acids is 1. The number of rotatable bonds is 8. The third kappa shape index (κ3) is 5.07. The molecule has 1 unspecified atom stereocenters. The van der Waals surface area contributed by atoms with E-state index in [1.807, 2.05) is 26.0 Å². The van der Waals surface area contributed by atoms with Crippen LogP contribution in [0, 0.1) is 13.8 Å². The summed E-state index contributed by atoms with van der Waals surface area (Å²) in [7, 11) is -3.72. The summed E-state index contributed by atoms with van der Waals surface area (Å²) in [5.74, 6) is -0.135. The topological polar surface area (TPSA) is 95.9 Å². The molecule has 2 N–H and O–H groups in total. The summed E-state index contributed by atoms with van der Waals surface area (Å²) >= 11 is 0. The number of ether oxygens (including phenoxy) is 1. The van der Waals surface area contributed by atoms with Crippen molar-refractivity contribution in [2.75, 3.05) is 18.4 Å². The molecule has 1 amide bonds. The Morgan fingerprint density at radius 1 is 1.17 bits per heavy atom. The molecule has 2 aromatic rings. The Kier molecular flexibility index (Phi) is 7.26. The maximum Gasteiger partial charge on any atom is 0.265 e. The van der Waals surface area contributed by atoms with Crippen LogP contribution in [0.2, 0.25) is 0 Å². The first-order valence-corrected chi connectivity index (χ1v) is 10.9. The van der Waals surface area contributed by atoms with Gasteiger partial charge in [-0.05, 0) is 56.2 Å². The van der Waals surface area contributed by atoms with Crippen molar-refractivity contribution >= 4 is 21.6 Å². The van der Waals surface area contributed by atoms with Crippen LogP contribution in [0.15, 0.2) is 41.3 Å². The van der Waals surface area contributed by atoms with Crippen molar-refractivity contribution in [2.45, 2.75) is 45.6 Å². The molecule has 0 saturated carbocycles. The summed E-state index contributed by atoms with van der Waals surface area (Å²) in [4.78, 5) is 12.6. The van der Waals surface area contributed by atoms with Crippen molar-refractivity contribution in [1.29, 1.82) is 0 Å². The summed E-state index contributed by atoms with van der Waals surface area (Å²) in [6, 6.07) is 9.39. The zero-order valence-electron chi connectivity index (χ0n) is 17.4. The lowest BCUT2D eigenvalue weighted by Crippen LogP contribution is -2.31. The first-order valence-electron chi connectivity index (χ1n) is 9.48. The molecule has 0 fully saturated rings. The molecule has 0 spiro atoms. The maximum absolute atomic E-state index is 12.7. The predicted octanol–water partition coefficient (Wildman–Crippen LogP) is 3.45. The molecular weight excluding hydrogens is 392 g/mol. The molecule has 29 heavy (non-hydrogen) atoms. The first-order chi connectivity index (χ1) is 13.6. The van der Waals surface area contributed by atoms with Gasteiger partial charge in [-0.2, -0.15) is 4.31 Å². The van der Waals surface area contributed by atoms with E-state index in [-0.39, 0.29) is 16.3 Å². The van der Waals surface area contributed by atoms with Crippen LogP contribution in [-0.4, -0.2) is 42.9 Å². The summed E-state index contributed by atoms with van der Waals surface area (Å²) in [6.45, 7) is 9.58. The smallest absolute Gasteiger partial charge is 0.265 e. The number of anilines is 1. The Bertz CT molecular complexity index is 985. The van der Waals surface area contributed by atoms with E-state index in [1.165, 1.54) is 22.5 Å². The van der Waals surface area contributed by atoms with Gasteiger partial charge in [0.1, 0.15) is 11.5 Å². The van der Waals surface area contributed by atoms with Crippen molar-refractivity contribution in [3.05, 3.63) is 47.5 Å². The Balaban J connectivity index is 2.22. The van der Waals surface area contributed by atoms with Gasteiger partial charge in [-0.15, -0.1) is 0 Å². The van der Waals surface area contributed by atoms with E-state index >= 15 is 0 Å². The number of aromatic hydroxyl groups is 1. The minimum absolute atomic E-state index is 0.00241. The van der Waals surface area contributed by atoms with Gasteiger partial charge in [0.2, 0.25) is 10.0 Å². The fourth-order valence-electron chi connectivity index (χ4n) is 2.82. The fourth-order valence-corrected chi connectivity index (χ4v) is 4.30. The summed E-state index contributed by atoms with van der Waals surface area (Å²) in [5.41, 5.74) is 1.99. The second-order valence-electron chi connectivity index (χ2n) is 6.72. The number of benzene rings is 2. The monoisotopic (exact) mass is 420 g/mol. The van der Waals surface area contributed by atoms with E-state index in [1.54, 1.807) is 26.8 Å². The van der Waals surface area contributed by atoms with Crippen LogP contribution in [0.5, 0.6) is 11.5 Å². The Morgan fingerprint density at radius 3 is 2.45 bits per heavy atom. The number of aryl methyl sites for hydroxylation is 1. The molecule has 2 rings (SSSR count). The highest BCUT2D eigenvalue weighted by atomic mass is 32.2. The molecule has 2 aromatic carbocycles. The molecule has 7 nitrogen and oxygen atoms in total. The molecule has 0 heterocycles. The SMILES string of the molecule is CCN(CC)S(=O)(=O)c1ccc(O)c(NC(=O)C(C)Oc2cccc(C)c2C)c1. The van der Waals surface area contributed by atoms with Crippen LogP contribution in [0.3, 0.4) is 0 Å². The lowest BCUT2D eigenvalue weighted by atomic mass is 10.1. The number of sulfonamides is 1. The normalized spacial score (nSPS) is 12.6. The third-order valence-corrected chi connectivity index (χ3v) is 6.84. The lowest BCUT2D eigenvalue weighted by molar-refractivity contribution is -0.122. The van der Waals surface area contributed by atoms with E-state index in [0.29, 0.717) is 18.8 Å². The van der Waals surface area contributed by atoms with Crippen LogP contribution >= 0.6 is 0 Å². The quantitative estimate of drug-likeness (QED) is 0.638. The second kappa shape index (κ2) is 9.28. The van der Waals surface area contributed by atoms with Crippen LogP contribution in [0.25, 0.3) is 0 Å². The molecule has 0 aliphatic carbocycles. The van der Waals surface area contributed by atoms with E-state index in [4.69, 9.17) is 4.74 Å². The zero-order valence-corrected chi connectivity index (χ0v) is 18.2. The van der Waals surface area contributed by atoms with Gasteiger partial charge in [0.15, 0.2) is 6.10 Å². The van der Waals surface area contributed by atoms with E-state index in [2.05, 4.69) is 5.32 Å². The zero-order chi connectivity index (χ0) is 21.8. The highest BCUT2D eigenvalue weighted by Gasteiger charge is 2.24. The fraction of sp³-hybridized carbons (Fsp3) is 0.381. The highest BCUT2D eigenvalue weighted by molar-refractivity contribution is 7.89. The minimum Gasteiger partial charge on any atom is -0.506 e. The Morgan fingerprint density at radius 2 is 1.83 bits per heavy atom. The average molecular weight is 421 g/mol. The third-order valence-electron chi connectivity index (χ3n) is 4.80. The molecule has 0 bridgehead atoms. The largest absolute Gasteiger partial charge is 0.506 e. The van der Waals surface area contributed by atoms with Gasteiger partial charge in [0.05, 0.1) is 10.6 Å². The highest BCUT2D eigenvalue weighted by Crippen LogP contribution is 2.28. The van der Waals surface area contributed by atoms with Crippen LogP contribution in [0.1, 0.15) is 31.9 Å². The lowest BCUT2D eigenvalue weighted by Gasteiger charge is -2.20. The molecule has 0 aliphatic heterocycles. The van der Waals surface area contributed by atoms with Crippen molar-refractivity contribution in [2.24, 2.45) is 0 Å². The van der Waals surface area contributed by atoms with Crippen LogP contribution in [-0.2, 0) is 14.8 Å². The van der Waals surface area contributed by atoms with Gasteiger partial charge in [-0.3, -0.25) is 4.79 Å². The van der Waals surface area contributed by atoms with E-state index in [9.17, 15) is 18.3 Å². The first kappa shape index (κ1) is 22.7. The summed E-state index contributed by atoms with van der Waals surface area (Å²) in [6.07, 6.45) is -0.849. The van der Waals surface area contributed by atoms with Crippen LogP contribution in [0.4, 0.5) is 5.69 Å².